The Morgan fingerprint density at radius 2 is 1.82 bits per heavy atom. The van der Waals surface area contributed by atoms with Gasteiger partial charge in [-0.25, -0.2) is 0 Å². The van der Waals surface area contributed by atoms with Gasteiger partial charge in [0.25, 0.3) is 0 Å². The predicted molar refractivity (Wildman–Crippen MR) is 69.3 cm³/mol. The van der Waals surface area contributed by atoms with Gasteiger partial charge in [-0.05, 0) is 37.0 Å². The molecule has 1 aliphatic rings. The normalized spacial score (nSPS) is 27.2. The van der Waals surface area contributed by atoms with Gasteiger partial charge in [0.1, 0.15) is 5.78 Å². The lowest BCUT2D eigenvalue weighted by molar-refractivity contribution is -0.127. The summed E-state index contributed by atoms with van der Waals surface area (Å²) in [5.74, 6) is 1.21. The molecule has 0 amide bonds. The molecule has 17 heavy (non-hydrogen) atoms. The van der Waals surface area contributed by atoms with Crippen molar-refractivity contribution in [2.75, 3.05) is 0 Å². The smallest absolute Gasteiger partial charge is 0.139 e. The Labute approximate surface area is 105 Å². The molecular formula is C15H25NO. The van der Waals surface area contributed by atoms with Gasteiger partial charge in [-0.1, -0.05) is 27.7 Å². The average Bonchev–Trinajstić information content (AvgIpc) is 2.27. The van der Waals surface area contributed by atoms with Crippen LogP contribution < -0.4 is 0 Å². The van der Waals surface area contributed by atoms with E-state index in [1.165, 1.54) is 12.8 Å². The Bertz CT molecular complexity index is 300. The minimum Gasteiger partial charge on any atom is -0.299 e. The summed E-state index contributed by atoms with van der Waals surface area (Å²) in [4.78, 5) is 12.1. The first-order chi connectivity index (χ1) is 7.86. The highest BCUT2D eigenvalue weighted by atomic mass is 16.1. The summed E-state index contributed by atoms with van der Waals surface area (Å²) < 4.78 is 0. The monoisotopic (exact) mass is 235 g/mol. The van der Waals surface area contributed by atoms with Crippen molar-refractivity contribution in [3.05, 3.63) is 0 Å². The second-order valence-electron chi connectivity index (χ2n) is 6.58. The highest BCUT2D eigenvalue weighted by molar-refractivity contribution is 5.83. The van der Waals surface area contributed by atoms with Crippen LogP contribution in [0.15, 0.2) is 0 Å². The van der Waals surface area contributed by atoms with Crippen molar-refractivity contribution in [1.29, 1.82) is 5.26 Å². The van der Waals surface area contributed by atoms with E-state index in [1.807, 2.05) is 6.92 Å². The third-order valence-electron chi connectivity index (χ3n) is 4.24. The number of hydrogen-bond donors (Lipinski definition) is 0. The van der Waals surface area contributed by atoms with Crippen molar-refractivity contribution in [3.63, 3.8) is 0 Å². The number of carbonyl (C=O) groups excluding carboxylic acids is 1. The van der Waals surface area contributed by atoms with Crippen molar-refractivity contribution >= 4 is 5.78 Å². The standard InChI is InChI=1S/C15H25NO/c1-11(9-10-16)14(17)12-5-7-13(8-6-12)15(2,3)4/h11-13H,5-9H2,1-4H3. The van der Waals surface area contributed by atoms with Crippen LogP contribution >= 0.6 is 0 Å². The van der Waals surface area contributed by atoms with E-state index in [4.69, 9.17) is 5.26 Å². The first kappa shape index (κ1) is 14.2. The highest BCUT2D eigenvalue weighted by Gasteiger charge is 2.33. The zero-order chi connectivity index (χ0) is 13.1. The van der Waals surface area contributed by atoms with Gasteiger partial charge in [0.15, 0.2) is 0 Å². The molecule has 0 aliphatic heterocycles. The second-order valence-corrected chi connectivity index (χ2v) is 6.58. The minimum atomic E-state index is -0.0730. The topological polar surface area (TPSA) is 40.9 Å². The third kappa shape index (κ3) is 3.84. The summed E-state index contributed by atoms with van der Waals surface area (Å²) in [7, 11) is 0. The van der Waals surface area contributed by atoms with Crippen LogP contribution in [0.25, 0.3) is 0 Å². The zero-order valence-corrected chi connectivity index (χ0v) is 11.6. The van der Waals surface area contributed by atoms with Gasteiger partial charge in [0.05, 0.1) is 6.07 Å². The maximum absolute atomic E-state index is 12.1. The molecule has 1 atom stereocenters. The number of rotatable bonds is 3. The Morgan fingerprint density at radius 1 is 1.29 bits per heavy atom. The molecule has 0 heterocycles. The molecular weight excluding hydrogens is 210 g/mol. The summed E-state index contributed by atoms with van der Waals surface area (Å²) in [6.07, 6.45) is 4.75. The molecule has 96 valence electrons. The van der Waals surface area contributed by atoms with Crippen molar-refractivity contribution in [1.82, 2.24) is 0 Å². The van der Waals surface area contributed by atoms with Crippen LogP contribution in [0.1, 0.15) is 59.8 Å². The van der Waals surface area contributed by atoms with E-state index in [2.05, 4.69) is 26.8 Å². The maximum Gasteiger partial charge on any atom is 0.139 e. The third-order valence-corrected chi connectivity index (χ3v) is 4.24. The van der Waals surface area contributed by atoms with Crippen molar-refractivity contribution in [2.45, 2.75) is 59.8 Å². The van der Waals surface area contributed by atoms with Crippen molar-refractivity contribution in [2.24, 2.45) is 23.2 Å². The molecule has 2 nitrogen and oxygen atoms in total. The maximum atomic E-state index is 12.1. The number of nitrogens with zero attached hydrogens (tertiary/aromatic N) is 1. The number of ketones is 1. The van der Waals surface area contributed by atoms with Crippen LogP contribution in [0, 0.1) is 34.5 Å². The molecule has 0 aromatic carbocycles. The molecule has 1 unspecified atom stereocenters. The Kier molecular flexibility index (Phi) is 4.74. The number of carbonyl (C=O) groups is 1. The first-order valence-electron chi connectivity index (χ1n) is 6.77. The second kappa shape index (κ2) is 5.67. The quantitative estimate of drug-likeness (QED) is 0.743. The van der Waals surface area contributed by atoms with E-state index in [-0.39, 0.29) is 11.8 Å². The molecule has 0 radical (unpaired) electrons. The van der Waals surface area contributed by atoms with E-state index in [9.17, 15) is 4.79 Å². The van der Waals surface area contributed by atoms with Gasteiger partial charge in [-0.15, -0.1) is 0 Å². The van der Waals surface area contributed by atoms with Gasteiger partial charge in [0.2, 0.25) is 0 Å². The lowest BCUT2D eigenvalue weighted by Crippen LogP contribution is -2.30. The lowest BCUT2D eigenvalue weighted by atomic mass is 9.68. The minimum absolute atomic E-state index is 0.0730. The van der Waals surface area contributed by atoms with Gasteiger partial charge in [-0.2, -0.15) is 5.26 Å². The largest absolute Gasteiger partial charge is 0.299 e. The fourth-order valence-corrected chi connectivity index (χ4v) is 2.88. The Morgan fingerprint density at radius 3 is 2.24 bits per heavy atom. The molecule has 1 rings (SSSR count). The molecule has 0 spiro atoms. The molecule has 1 saturated carbocycles. The zero-order valence-electron chi connectivity index (χ0n) is 11.6. The summed E-state index contributed by atoms with van der Waals surface area (Å²) in [5, 5.41) is 8.63. The van der Waals surface area contributed by atoms with Crippen LogP contribution in [0.3, 0.4) is 0 Å². The Balaban J connectivity index is 2.47. The van der Waals surface area contributed by atoms with E-state index < -0.39 is 0 Å². The van der Waals surface area contributed by atoms with Gasteiger partial charge in [-0.3, -0.25) is 4.79 Å². The van der Waals surface area contributed by atoms with Gasteiger partial charge < -0.3 is 0 Å². The average molecular weight is 235 g/mol. The fourth-order valence-electron chi connectivity index (χ4n) is 2.88. The van der Waals surface area contributed by atoms with Gasteiger partial charge >= 0.3 is 0 Å². The first-order valence-corrected chi connectivity index (χ1v) is 6.77. The van der Waals surface area contributed by atoms with Crippen LogP contribution in [-0.4, -0.2) is 5.78 Å². The van der Waals surface area contributed by atoms with Crippen molar-refractivity contribution in [3.8, 4) is 6.07 Å². The van der Waals surface area contributed by atoms with E-state index in [1.54, 1.807) is 0 Å². The SMILES string of the molecule is CC(CC#N)C(=O)C1CCC(C(C)(C)C)CC1. The van der Waals surface area contributed by atoms with Crippen LogP contribution in [-0.2, 0) is 4.79 Å². The van der Waals surface area contributed by atoms with Crippen LogP contribution in [0.4, 0.5) is 0 Å². The summed E-state index contributed by atoms with van der Waals surface area (Å²) in [5.41, 5.74) is 0.367. The van der Waals surface area contributed by atoms with E-state index in [0.29, 0.717) is 17.6 Å². The number of hydrogen-bond acceptors (Lipinski definition) is 2. The Hall–Kier alpha value is -0.840. The highest BCUT2D eigenvalue weighted by Crippen LogP contribution is 2.40. The van der Waals surface area contributed by atoms with E-state index >= 15 is 0 Å². The molecule has 1 fully saturated rings. The lowest BCUT2D eigenvalue weighted by Gasteiger charge is -2.37. The van der Waals surface area contributed by atoms with Gasteiger partial charge in [0, 0.05) is 18.3 Å². The molecule has 0 N–H and O–H groups in total. The van der Waals surface area contributed by atoms with Crippen molar-refractivity contribution < 1.29 is 4.79 Å². The molecule has 0 aromatic rings. The summed E-state index contributed by atoms with van der Waals surface area (Å²) >= 11 is 0. The molecule has 0 aromatic heterocycles. The number of nitriles is 1. The van der Waals surface area contributed by atoms with Crippen LogP contribution in [0.2, 0.25) is 0 Å². The molecule has 0 bridgehead atoms. The van der Waals surface area contributed by atoms with E-state index in [0.717, 1.165) is 18.8 Å². The summed E-state index contributed by atoms with van der Waals surface area (Å²) in [6, 6.07) is 2.10. The number of Topliss-reactive ketones (excluding diaryl/α,β-unsaturated/α-hetero) is 1. The summed E-state index contributed by atoms with van der Waals surface area (Å²) in [6.45, 7) is 8.76. The molecule has 0 saturated heterocycles. The molecule has 1 aliphatic carbocycles. The molecule has 2 heteroatoms. The van der Waals surface area contributed by atoms with Crippen LogP contribution in [0.5, 0.6) is 0 Å². The predicted octanol–water partition coefficient (Wildman–Crippen LogP) is 3.96. The fraction of sp³-hybridized carbons (Fsp3) is 0.867.